The monoisotopic (exact) mass is 456 g/mol. The fourth-order valence-corrected chi connectivity index (χ4v) is 3.90. The summed E-state index contributed by atoms with van der Waals surface area (Å²) in [5, 5.41) is 5.66. The van der Waals surface area contributed by atoms with Crippen LogP contribution in [-0.4, -0.2) is 58.3 Å². The summed E-state index contributed by atoms with van der Waals surface area (Å²) in [6.45, 7) is 10.9. The van der Waals surface area contributed by atoms with Gasteiger partial charge in [-0.2, -0.15) is 0 Å². The highest BCUT2D eigenvalue weighted by Crippen LogP contribution is 2.18. The number of carbonyl (C=O) groups is 2. The van der Waals surface area contributed by atoms with E-state index in [0.29, 0.717) is 49.5 Å². The number of ether oxygens (including phenoxy) is 1. The molecule has 3 heterocycles. The largest absolute Gasteiger partial charge is 0.464 e. The first kappa shape index (κ1) is 24.2. The summed E-state index contributed by atoms with van der Waals surface area (Å²) in [7, 11) is 0. The van der Waals surface area contributed by atoms with Gasteiger partial charge < -0.3 is 20.3 Å². The fraction of sp³-hybridized carbons (Fsp3) is 0.522. The highest BCUT2D eigenvalue weighted by atomic mass is 16.5. The molecule has 1 aliphatic rings. The molecule has 2 aromatic rings. The Kier molecular flexibility index (Phi) is 8.02. The lowest BCUT2D eigenvalue weighted by atomic mass is 10.0. The van der Waals surface area contributed by atoms with E-state index < -0.39 is 18.0 Å². The van der Waals surface area contributed by atoms with Gasteiger partial charge in [-0.25, -0.2) is 19.6 Å². The van der Waals surface area contributed by atoms with Crippen molar-refractivity contribution in [3.8, 4) is 0 Å². The van der Waals surface area contributed by atoms with Crippen LogP contribution >= 0.6 is 0 Å². The Morgan fingerprint density at radius 3 is 2.70 bits per heavy atom. The van der Waals surface area contributed by atoms with Crippen LogP contribution in [0, 0.1) is 5.92 Å². The van der Waals surface area contributed by atoms with E-state index in [1.54, 1.807) is 29.8 Å². The quantitative estimate of drug-likeness (QED) is 0.459. The molecule has 2 aromatic heterocycles. The highest BCUT2D eigenvalue weighted by molar-refractivity contribution is 5.84. The van der Waals surface area contributed by atoms with Crippen LogP contribution in [0.3, 0.4) is 0 Å². The van der Waals surface area contributed by atoms with E-state index >= 15 is 0 Å². The summed E-state index contributed by atoms with van der Waals surface area (Å²) in [5.41, 5.74) is 0.965. The molecule has 10 nitrogen and oxygen atoms in total. The van der Waals surface area contributed by atoms with Crippen LogP contribution < -0.4 is 21.1 Å². The second kappa shape index (κ2) is 10.9. The first-order chi connectivity index (χ1) is 15.8. The lowest BCUT2D eigenvalue weighted by Crippen LogP contribution is -2.53. The second-order valence-corrected chi connectivity index (χ2v) is 8.34. The van der Waals surface area contributed by atoms with Crippen LogP contribution in [0.15, 0.2) is 35.8 Å². The Hall–Kier alpha value is -3.43. The second-order valence-electron chi connectivity index (χ2n) is 8.34. The van der Waals surface area contributed by atoms with Gasteiger partial charge in [0.1, 0.15) is 11.6 Å². The number of rotatable bonds is 8. The Labute approximate surface area is 193 Å². The van der Waals surface area contributed by atoms with E-state index in [1.807, 2.05) is 24.8 Å². The molecule has 0 aromatic carbocycles. The van der Waals surface area contributed by atoms with Crippen molar-refractivity contribution in [3.05, 3.63) is 41.3 Å². The normalized spacial score (nSPS) is 15.3. The molecule has 10 heteroatoms. The smallest absolute Gasteiger partial charge is 0.328 e. The average molecular weight is 457 g/mol. The predicted molar refractivity (Wildman–Crippen MR) is 126 cm³/mol. The summed E-state index contributed by atoms with van der Waals surface area (Å²) in [4.78, 5) is 48.5. The first-order valence-electron chi connectivity index (χ1n) is 11.3. The number of urea groups is 1. The minimum Gasteiger partial charge on any atom is -0.464 e. The van der Waals surface area contributed by atoms with Crippen molar-refractivity contribution in [2.24, 2.45) is 5.92 Å². The molecule has 33 heavy (non-hydrogen) atoms. The maximum Gasteiger partial charge on any atom is 0.328 e. The third-order valence-electron chi connectivity index (χ3n) is 5.62. The maximum atomic E-state index is 13.1. The summed E-state index contributed by atoms with van der Waals surface area (Å²) >= 11 is 0. The maximum absolute atomic E-state index is 13.1. The fourth-order valence-electron chi connectivity index (χ4n) is 3.90. The number of nitrogens with one attached hydrogen (secondary N) is 2. The molecule has 1 saturated heterocycles. The summed E-state index contributed by atoms with van der Waals surface area (Å²) in [6, 6.07) is 2.44. The summed E-state index contributed by atoms with van der Waals surface area (Å²) < 4.78 is 6.62. The van der Waals surface area contributed by atoms with Crippen molar-refractivity contribution in [2.45, 2.75) is 52.2 Å². The zero-order chi connectivity index (χ0) is 24.0. The molecule has 2 N–H and O–H groups in total. The van der Waals surface area contributed by atoms with E-state index in [1.165, 1.54) is 0 Å². The van der Waals surface area contributed by atoms with Crippen LogP contribution in [0.4, 0.5) is 10.6 Å². The molecule has 1 aliphatic heterocycles. The van der Waals surface area contributed by atoms with E-state index in [-0.39, 0.29) is 24.1 Å². The Morgan fingerprint density at radius 1 is 1.33 bits per heavy atom. The average Bonchev–Trinajstić information content (AvgIpc) is 2.79. The molecule has 3 rings (SSSR count). The Bertz CT molecular complexity index is 1060. The van der Waals surface area contributed by atoms with Gasteiger partial charge in [0.2, 0.25) is 0 Å². The number of hydrogen-bond donors (Lipinski definition) is 2. The molecule has 0 bridgehead atoms. The lowest BCUT2D eigenvalue weighted by molar-refractivity contribution is -0.146. The van der Waals surface area contributed by atoms with E-state index in [0.717, 1.165) is 0 Å². The van der Waals surface area contributed by atoms with Gasteiger partial charge in [0.25, 0.3) is 5.56 Å². The van der Waals surface area contributed by atoms with Crippen LogP contribution in [0.2, 0.25) is 0 Å². The van der Waals surface area contributed by atoms with E-state index in [4.69, 9.17) is 4.74 Å². The number of esters is 1. The number of amides is 2. The zero-order valence-electron chi connectivity index (χ0n) is 19.4. The van der Waals surface area contributed by atoms with Crippen LogP contribution in [0.25, 0.3) is 11.2 Å². The lowest BCUT2D eigenvalue weighted by Gasteiger charge is -2.33. The van der Waals surface area contributed by atoms with Crippen LogP contribution in [-0.2, 0) is 16.1 Å². The van der Waals surface area contributed by atoms with Gasteiger partial charge in [-0.1, -0.05) is 19.9 Å². The van der Waals surface area contributed by atoms with Crippen molar-refractivity contribution >= 4 is 29.0 Å². The van der Waals surface area contributed by atoms with Crippen molar-refractivity contribution in [2.75, 3.05) is 24.6 Å². The molecule has 2 amide bonds. The number of nitrogens with zero attached hydrogens (tertiary/aromatic N) is 4. The number of pyridine rings is 1. The van der Waals surface area contributed by atoms with Crippen molar-refractivity contribution in [1.29, 1.82) is 0 Å². The predicted octanol–water partition coefficient (Wildman–Crippen LogP) is 1.83. The standard InChI is InChI=1S/C23H32N6O4/c1-5-12-29-19-17(8-7-11-24-19)26-20(21(29)30)28-13-9-16(10-14-28)25-23(32)27-18(15(3)4)22(31)33-6-2/h5,7-8,11,15-16,18H,1,6,9-10,12-14H2,2-4H3,(H2,25,27,32). The van der Waals surface area contributed by atoms with Crippen LogP contribution in [0.5, 0.6) is 0 Å². The molecular formula is C23H32N6O4. The molecule has 1 atom stereocenters. The number of aromatic nitrogens is 3. The van der Waals surface area contributed by atoms with Crippen molar-refractivity contribution in [1.82, 2.24) is 25.2 Å². The molecule has 0 radical (unpaired) electrons. The molecule has 0 saturated carbocycles. The van der Waals surface area contributed by atoms with Crippen molar-refractivity contribution in [3.63, 3.8) is 0 Å². The van der Waals surface area contributed by atoms with Gasteiger partial charge in [-0.05, 0) is 37.8 Å². The third-order valence-corrected chi connectivity index (χ3v) is 5.62. The number of fused-ring (bicyclic) bond motifs is 1. The minimum absolute atomic E-state index is 0.0752. The van der Waals surface area contributed by atoms with Gasteiger partial charge in [-0.15, -0.1) is 6.58 Å². The van der Waals surface area contributed by atoms with E-state index in [9.17, 15) is 14.4 Å². The van der Waals surface area contributed by atoms with E-state index in [2.05, 4.69) is 27.2 Å². The Balaban J connectivity index is 1.65. The van der Waals surface area contributed by atoms with Gasteiger partial charge in [0.05, 0.1) is 6.61 Å². The van der Waals surface area contributed by atoms with Gasteiger partial charge in [-0.3, -0.25) is 9.36 Å². The molecule has 0 aliphatic carbocycles. The highest BCUT2D eigenvalue weighted by Gasteiger charge is 2.28. The van der Waals surface area contributed by atoms with Crippen LogP contribution in [0.1, 0.15) is 33.6 Å². The number of piperidine rings is 1. The molecule has 1 fully saturated rings. The molecular weight excluding hydrogens is 424 g/mol. The summed E-state index contributed by atoms with van der Waals surface area (Å²) in [6.07, 6.45) is 4.59. The molecule has 178 valence electrons. The SMILES string of the molecule is C=CCn1c(=O)c(N2CCC(NC(=O)NC(C(=O)OCC)C(C)C)CC2)nc2cccnc21. The zero-order valence-corrected chi connectivity index (χ0v) is 19.4. The Morgan fingerprint density at radius 2 is 2.06 bits per heavy atom. The summed E-state index contributed by atoms with van der Waals surface area (Å²) in [5.74, 6) is -0.157. The van der Waals surface area contributed by atoms with Crippen molar-refractivity contribution < 1.29 is 14.3 Å². The minimum atomic E-state index is -0.705. The van der Waals surface area contributed by atoms with Gasteiger partial charge in [0, 0.05) is 31.9 Å². The number of hydrogen-bond acceptors (Lipinski definition) is 7. The number of carbonyl (C=O) groups excluding carboxylic acids is 2. The first-order valence-corrected chi connectivity index (χ1v) is 11.3. The number of anilines is 1. The number of allylic oxidation sites excluding steroid dienone is 1. The third kappa shape index (κ3) is 5.68. The topological polar surface area (TPSA) is 118 Å². The van der Waals surface area contributed by atoms with Gasteiger partial charge in [0.15, 0.2) is 11.5 Å². The molecule has 1 unspecified atom stereocenters. The van der Waals surface area contributed by atoms with Gasteiger partial charge >= 0.3 is 12.0 Å². The molecule has 0 spiro atoms.